The van der Waals surface area contributed by atoms with Crippen LogP contribution in [-0.2, 0) is 0 Å². The third-order valence-electron chi connectivity index (χ3n) is 1.35. The fourth-order valence-electron chi connectivity index (χ4n) is 0.783. The van der Waals surface area contributed by atoms with Crippen LogP contribution in [0.2, 0.25) is 0 Å². The SMILES string of the molecule is ClC(Cl)C=COc1ccccc1OBr. The van der Waals surface area contributed by atoms with Gasteiger partial charge in [-0.2, -0.15) is 0 Å². The summed E-state index contributed by atoms with van der Waals surface area (Å²) in [6.07, 6.45) is 2.92. The van der Waals surface area contributed by atoms with Crippen LogP contribution in [0, 0.1) is 0 Å². The van der Waals surface area contributed by atoms with Crippen LogP contribution in [0.3, 0.4) is 0 Å². The van der Waals surface area contributed by atoms with Crippen molar-refractivity contribution in [3.05, 3.63) is 36.6 Å². The van der Waals surface area contributed by atoms with Crippen molar-refractivity contribution in [1.82, 2.24) is 0 Å². The molecule has 0 heterocycles. The maximum atomic E-state index is 5.48. The summed E-state index contributed by atoms with van der Waals surface area (Å²) in [6, 6.07) is 7.19. The van der Waals surface area contributed by atoms with Gasteiger partial charge in [0.15, 0.2) is 27.8 Å². The molecule has 0 fully saturated rings. The van der Waals surface area contributed by atoms with Crippen LogP contribution in [0.25, 0.3) is 0 Å². The second-order valence-electron chi connectivity index (χ2n) is 2.30. The standard InChI is InChI=1S/C9H7BrCl2O2/c10-14-8-4-2-1-3-7(8)13-6-5-9(11)12/h1-6,9H. The molecule has 0 aliphatic heterocycles. The number of halogens is 3. The summed E-state index contributed by atoms with van der Waals surface area (Å²) in [5, 5.41) is 0. The van der Waals surface area contributed by atoms with E-state index in [1.165, 1.54) is 12.3 Å². The van der Waals surface area contributed by atoms with Crippen molar-refractivity contribution < 1.29 is 8.57 Å². The first-order valence-electron chi connectivity index (χ1n) is 3.73. The van der Waals surface area contributed by atoms with Crippen LogP contribution >= 0.6 is 39.5 Å². The Morgan fingerprint density at radius 1 is 1.21 bits per heavy atom. The van der Waals surface area contributed by atoms with Gasteiger partial charge in [0.05, 0.1) is 6.26 Å². The number of hydrogen-bond donors (Lipinski definition) is 0. The number of rotatable bonds is 4. The molecule has 0 radical (unpaired) electrons. The average molecular weight is 298 g/mol. The quantitative estimate of drug-likeness (QED) is 0.616. The fraction of sp³-hybridized carbons (Fsp3) is 0.111. The molecule has 1 aromatic carbocycles. The van der Waals surface area contributed by atoms with Gasteiger partial charge in [-0.25, -0.2) is 0 Å². The molecule has 0 saturated heterocycles. The summed E-state index contributed by atoms with van der Waals surface area (Å²) in [6.45, 7) is 0. The van der Waals surface area contributed by atoms with Crippen molar-refractivity contribution in [2.24, 2.45) is 0 Å². The van der Waals surface area contributed by atoms with E-state index >= 15 is 0 Å². The maximum Gasteiger partial charge on any atom is 0.179 e. The molecule has 0 aliphatic rings. The highest BCUT2D eigenvalue weighted by atomic mass is 79.9. The minimum atomic E-state index is -0.577. The topological polar surface area (TPSA) is 18.5 Å². The maximum absolute atomic E-state index is 5.48. The Bertz CT molecular complexity index is 315. The van der Waals surface area contributed by atoms with Crippen molar-refractivity contribution in [2.45, 2.75) is 4.84 Å². The molecule has 0 N–H and O–H groups in total. The summed E-state index contributed by atoms with van der Waals surface area (Å²) in [5.41, 5.74) is 0. The molecular weight excluding hydrogens is 291 g/mol. The van der Waals surface area contributed by atoms with E-state index in [4.69, 9.17) is 31.8 Å². The molecular formula is C9H7BrCl2O2. The molecule has 14 heavy (non-hydrogen) atoms. The highest BCUT2D eigenvalue weighted by Crippen LogP contribution is 2.27. The van der Waals surface area contributed by atoms with Crippen LogP contribution < -0.4 is 8.57 Å². The zero-order valence-electron chi connectivity index (χ0n) is 6.99. The summed E-state index contributed by atoms with van der Waals surface area (Å²) in [7, 11) is 0. The van der Waals surface area contributed by atoms with E-state index in [1.807, 2.05) is 12.1 Å². The summed E-state index contributed by atoms with van der Waals surface area (Å²) in [4.78, 5) is -0.577. The number of benzene rings is 1. The highest BCUT2D eigenvalue weighted by molar-refractivity contribution is 9.06. The monoisotopic (exact) mass is 296 g/mol. The van der Waals surface area contributed by atoms with Gasteiger partial charge in [0.25, 0.3) is 0 Å². The molecule has 76 valence electrons. The van der Waals surface area contributed by atoms with Gasteiger partial charge in [-0.05, 0) is 18.2 Å². The van der Waals surface area contributed by atoms with Gasteiger partial charge in [-0.15, -0.1) is 23.2 Å². The summed E-state index contributed by atoms with van der Waals surface area (Å²) >= 11 is 13.8. The van der Waals surface area contributed by atoms with E-state index < -0.39 is 4.84 Å². The number of hydrogen-bond acceptors (Lipinski definition) is 2. The van der Waals surface area contributed by atoms with Gasteiger partial charge >= 0.3 is 0 Å². The Balaban J connectivity index is 2.66. The van der Waals surface area contributed by atoms with Gasteiger partial charge in [-0.1, -0.05) is 12.1 Å². The lowest BCUT2D eigenvalue weighted by Gasteiger charge is -2.04. The highest BCUT2D eigenvalue weighted by Gasteiger charge is 2.01. The third-order valence-corrected chi connectivity index (χ3v) is 1.99. The van der Waals surface area contributed by atoms with Crippen molar-refractivity contribution >= 4 is 39.5 Å². The predicted molar refractivity (Wildman–Crippen MR) is 61.3 cm³/mol. The molecule has 2 nitrogen and oxygen atoms in total. The van der Waals surface area contributed by atoms with E-state index in [2.05, 4.69) is 16.3 Å². The lowest BCUT2D eigenvalue weighted by Crippen LogP contribution is -1.87. The van der Waals surface area contributed by atoms with E-state index in [0.29, 0.717) is 11.5 Å². The average Bonchev–Trinajstić information content (AvgIpc) is 2.18. The van der Waals surface area contributed by atoms with Gasteiger partial charge in [0, 0.05) is 0 Å². The van der Waals surface area contributed by atoms with Crippen molar-refractivity contribution in [3.8, 4) is 11.5 Å². The zero-order chi connectivity index (χ0) is 10.4. The minimum absolute atomic E-state index is 0.577. The molecule has 1 rings (SSSR count). The number of para-hydroxylation sites is 2. The van der Waals surface area contributed by atoms with Crippen LogP contribution in [0.4, 0.5) is 0 Å². The van der Waals surface area contributed by atoms with Crippen molar-refractivity contribution in [1.29, 1.82) is 0 Å². The Morgan fingerprint density at radius 3 is 2.43 bits per heavy atom. The molecule has 0 aromatic heterocycles. The Kier molecular flexibility index (Phi) is 5.15. The first-order valence-corrected chi connectivity index (χ1v) is 5.25. The first kappa shape index (κ1) is 11.7. The molecule has 0 amide bonds. The molecule has 0 spiro atoms. The Morgan fingerprint density at radius 2 is 1.86 bits per heavy atom. The molecule has 0 unspecified atom stereocenters. The molecule has 0 bridgehead atoms. The molecule has 5 heteroatoms. The molecule has 0 saturated carbocycles. The lowest BCUT2D eigenvalue weighted by molar-refractivity contribution is 0.460. The Labute approximate surface area is 101 Å². The second-order valence-corrected chi connectivity index (χ2v) is 3.79. The van der Waals surface area contributed by atoms with Crippen molar-refractivity contribution in [3.63, 3.8) is 0 Å². The van der Waals surface area contributed by atoms with Gasteiger partial charge < -0.3 is 8.57 Å². The Hall–Kier alpha value is -0.380. The van der Waals surface area contributed by atoms with Crippen LogP contribution in [0.1, 0.15) is 0 Å². The normalized spacial score (nSPS) is 10.9. The number of ether oxygens (including phenoxy) is 1. The molecule has 1 aromatic rings. The number of alkyl halides is 2. The fourth-order valence-corrected chi connectivity index (χ4v) is 1.17. The predicted octanol–water partition coefficient (Wildman–Crippen LogP) is 4.07. The van der Waals surface area contributed by atoms with Crippen LogP contribution in [-0.4, -0.2) is 4.84 Å². The zero-order valence-corrected chi connectivity index (χ0v) is 10.1. The first-order chi connectivity index (χ1) is 6.74. The van der Waals surface area contributed by atoms with E-state index in [1.54, 1.807) is 12.1 Å². The van der Waals surface area contributed by atoms with E-state index in [-0.39, 0.29) is 0 Å². The third kappa shape index (κ3) is 3.78. The van der Waals surface area contributed by atoms with Crippen LogP contribution in [0.5, 0.6) is 11.5 Å². The van der Waals surface area contributed by atoms with Crippen LogP contribution in [0.15, 0.2) is 36.6 Å². The van der Waals surface area contributed by atoms with E-state index in [0.717, 1.165) is 0 Å². The smallest absolute Gasteiger partial charge is 0.179 e. The summed E-state index contributed by atoms with van der Waals surface area (Å²) < 4.78 is 10.1. The van der Waals surface area contributed by atoms with Gasteiger partial charge in [0.1, 0.15) is 4.84 Å². The largest absolute Gasteiger partial charge is 0.461 e. The van der Waals surface area contributed by atoms with E-state index in [9.17, 15) is 0 Å². The minimum Gasteiger partial charge on any atom is -0.461 e. The van der Waals surface area contributed by atoms with Crippen molar-refractivity contribution in [2.75, 3.05) is 0 Å². The molecule has 0 atom stereocenters. The van der Waals surface area contributed by atoms with Gasteiger partial charge in [0.2, 0.25) is 0 Å². The lowest BCUT2D eigenvalue weighted by atomic mass is 10.3. The van der Waals surface area contributed by atoms with Gasteiger partial charge in [-0.3, -0.25) is 0 Å². The number of allylic oxidation sites excluding steroid dienone is 1. The second kappa shape index (κ2) is 6.17. The summed E-state index contributed by atoms with van der Waals surface area (Å²) in [5.74, 6) is 1.16. The molecule has 0 aliphatic carbocycles.